The zero-order valence-corrected chi connectivity index (χ0v) is 6.42. The average molecular weight is 148 g/mol. The van der Waals surface area contributed by atoms with Crippen molar-refractivity contribution in [1.82, 2.24) is 9.97 Å². The first-order valence-corrected chi connectivity index (χ1v) is 3.17. The van der Waals surface area contributed by atoms with Crippen molar-refractivity contribution in [1.29, 1.82) is 0 Å². The van der Waals surface area contributed by atoms with Crippen molar-refractivity contribution in [2.24, 2.45) is 0 Å². The fourth-order valence-electron chi connectivity index (χ4n) is 0.826. The number of rotatable bonds is 1. The molecule has 0 bridgehead atoms. The van der Waals surface area contributed by atoms with Crippen LogP contribution < -0.4 is 5.43 Å². The molecule has 11 heavy (non-hydrogen) atoms. The van der Waals surface area contributed by atoms with Crippen LogP contribution in [0.25, 0.3) is 4.95 Å². The molecule has 4 heteroatoms. The Morgan fingerprint density at radius 3 is 2.36 bits per heavy atom. The van der Waals surface area contributed by atoms with Crippen molar-refractivity contribution >= 4 is 5.95 Å². The van der Waals surface area contributed by atoms with Crippen LogP contribution in [-0.4, -0.2) is 9.97 Å². The summed E-state index contributed by atoms with van der Waals surface area (Å²) in [6, 6.07) is 1.86. The van der Waals surface area contributed by atoms with Gasteiger partial charge in [0.25, 0.3) is 5.95 Å². The summed E-state index contributed by atoms with van der Waals surface area (Å²) in [5.74, 6) is 0.373. The Hall–Kier alpha value is -1.63. The highest BCUT2D eigenvalue weighted by atomic mass is 15.3. The molecule has 0 aliphatic heterocycles. The van der Waals surface area contributed by atoms with Crippen LogP contribution in [0.3, 0.4) is 0 Å². The maximum Gasteiger partial charge on any atom is 0.293 e. The molecule has 1 heterocycles. The maximum absolute atomic E-state index is 6.51. The second-order valence-electron chi connectivity index (χ2n) is 2.20. The fraction of sp³-hybridized carbons (Fsp3) is 0.286. The molecular formula is C7H8N4. The van der Waals surface area contributed by atoms with E-state index in [1.165, 1.54) is 0 Å². The van der Waals surface area contributed by atoms with E-state index < -0.39 is 0 Å². The number of anilines is 1. The van der Waals surface area contributed by atoms with Crippen LogP contribution in [0.15, 0.2) is 6.07 Å². The van der Waals surface area contributed by atoms with E-state index in [1.807, 2.05) is 19.9 Å². The summed E-state index contributed by atoms with van der Waals surface area (Å²) in [6.07, 6.45) is 0. The van der Waals surface area contributed by atoms with E-state index in [0.29, 0.717) is 5.95 Å². The van der Waals surface area contributed by atoms with Crippen molar-refractivity contribution in [3.8, 4) is 0 Å². The van der Waals surface area contributed by atoms with E-state index >= 15 is 0 Å². The van der Waals surface area contributed by atoms with E-state index in [1.54, 1.807) is 0 Å². The van der Waals surface area contributed by atoms with Gasteiger partial charge in [0.05, 0.1) is 0 Å². The van der Waals surface area contributed by atoms with Gasteiger partial charge < -0.3 is 0 Å². The van der Waals surface area contributed by atoms with Crippen LogP contribution in [0.2, 0.25) is 0 Å². The molecule has 0 fully saturated rings. The Kier molecular flexibility index (Phi) is 2.02. The molecule has 0 saturated carbocycles. The number of nitrogens with one attached hydrogen (secondary N) is 1. The second-order valence-corrected chi connectivity index (χ2v) is 2.20. The summed E-state index contributed by atoms with van der Waals surface area (Å²) < 4.78 is 0. The zero-order chi connectivity index (χ0) is 8.27. The van der Waals surface area contributed by atoms with Crippen LogP contribution >= 0.6 is 0 Å². The molecule has 1 aromatic heterocycles. The highest BCUT2D eigenvalue weighted by Gasteiger charge is 1.98. The lowest BCUT2D eigenvalue weighted by Crippen LogP contribution is -1.96. The molecule has 56 valence electrons. The first kappa shape index (κ1) is 7.48. The molecule has 0 unspecified atom stereocenters. The minimum Gasteiger partial charge on any atom is -0.213 e. The Labute approximate surface area is 65.1 Å². The van der Waals surface area contributed by atoms with E-state index in [2.05, 4.69) is 20.3 Å². The summed E-state index contributed by atoms with van der Waals surface area (Å²) >= 11 is 0. The van der Waals surface area contributed by atoms with E-state index in [4.69, 9.17) is 6.57 Å². The van der Waals surface area contributed by atoms with Crippen molar-refractivity contribution in [3.05, 3.63) is 29.0 Å². The van der Waals surface area contributed by atoms with Crippen LogP contribution in [-0.2, 0) is 0 Å². The van der Waals surface area contributed by atoms with E-state index in [-0.39, 0.29) is 0 Å². The van der Waals surface area contributed by atoms with Crippen LogP contribution in [0.4, 0.5) is 5.95 Å². The lowest BCUT2D eigenvalue weighted by molar-refractivity contribution is 1.06. The third-order valence-electron chi connectivity index (χ3n) is 1.14. The first-order chi connectivity index (χ1) is 5.22. The standard InChI is InChI=1S/C7H8N4/c1-5-4-6(2)10-7(9-5)11-8-3/h4H,1-2H3,(H,9,10,11). The molecule has 1 rings (SSSR count). The first-order valence-electron chi connectivity index (χ1n) is 3.17. The fourth-order valence-corrected chi connectivity index (χ4v) is 0.826. The van der Waals surface area contributed by atoms with Crippen molar-refractivity contribution < 1.29 is 0 Å². The summed E-state index contributed by atoms with van der Waals surface area (Å²) in [4.78, 5) is 10.9. The number of hydrogen-bond donors (Lipinski definition) is 1. The lowest BCUT2D eigenvalue weighted by Gasteiger charge is -1.96. The van der Waals surface area contributed by atoms with Crippen LogP contribution in [0.5, 0.6) is 0 Å². The predicted octanol–water partition coefficient (Wildman–Crippen LogP) is 1.34. The normalized spacial score (nSPS) is 8.82. The SMILES string of the molecule is [C-]#[N+]Nc1nc(C)cc(C)n1. The third-order valence-corrected chi connectivity index (χ3v) is 1.14. The number of aryl methyl sites for hydroxylation is 2. The lowest BCUT2D eigenvalue weighted by atomic mass is 10.4. The molecule has 0 atom stereocenters. The third kappa shape index (κ3) is 1.90. The molecule has 4 nitrogen and oxygen atoms in total. The topological polar surface area (TPSA) is 42.2 Å². The molecule has 0 aromatic carbocycles. The molecule has 1 aromatic rings. The monoisotopic (exact) mass is 148 g/mol. The van der Waals surface area contributed by atoms with Gasteiger partial charge in [0.2, 0.25) is 0 Å². The van der Waals surface area contributed by atoms with E-state index in [0.717, 1.165) is 11.4 Å². The van der Waals surface area contributed by atoms with Gasteiger partial charge in [-0.15, -0.1) is 0 Å². The Morgan fingerprint density at radius 1 is 1.36 bits per heavy atom. The number of aromatic nitrogens is 2. The van der Waals surface area contributed by atoms with Crippen LogP contribution in [0, 0.1) is 20.4 Å². The highest BCUT2D eigenvalue weighted by molar-refractivity contribution is 5.28. The van der Waals surface area contributed by atoms with Gasteiger partial charge in [-0.25, -0.2) is 9.97 Å². The van der Waals surface area contributed by atoms with Crippen molar-refractivity contribution in [2.45, 2.75) is 13.8 Å². The molecular weight excluding hydrogens is 140 g/mol. The summed E-state index contributed by atoms with van der Waals surface area (Å²) in [5, 5.41) is 0. The Morgan fingerprint density at radius 2 is 1.91 bits per heavy atom. The van der Waals surface area contributed by atoms with E-state index in [9.17, 15) is 0 Å². The quantitative estimate of drug-likeness (QED) is 0.482. The van der Waals surface area contributed by atoms with Crippen LogP contribution in [0.1, 0.15) is 11.4 Å². The van der Waals surface area contributed by atoms with Gasteiger partial charge in [0, 0.05) is 11.4 Å². The smallest absolute Gasteiger partial charge is 0.213 e. The maximum atomic E-state index is 6.51. The Bertz CT molecular complexity index is 280. The molecule has 0 amide bonds. The zero-order valence-electron chi connectivity index (χ0n) is 6.42. The minimum atomic E-state index is 0.373. The molecule has 0 radical (unpaired) electrons. The van der Waals surface area contributed by atoms with Crippen molar-refractivity contribution in [2.75, 3.05) is 5.43 Å². The summed E-state index contributed by atoms with van der Waals surface area (Å²) in [7, 11) is 0. The largest absolute Gasteiger partial charge is 0.293 e. The Balaban J connectivity index is 3.01. The summed E-state index contributed by atoms with van der Waals surface area (Å²) in [5.41, 5.74) is 4.09. The van der Waals surface area contributed by atoms with Gasteiger partial charge in [-0.2, -0.15) is 11.5 Å². The van der Waals surface area contributed by atoms with Gasteiger partial charge in [0.15, 0.2) is 0 Å². The van der Waals surface area contributed by atoms with Gasteiger partial charge in [-0.05, 0) is 19.9 Å². The van der Waals surface area contributed by atoms with Crippen molar-refractivity contribution in [3.63, 3.8) is 0 Å². The van der Waals surface area contributed by atoms with Gasteiger partial charge in [0.1, 0.15) is 0 Å². The van der Waals surface area contributed by atoms with Gasteiger partial charge in [-0.1, -0.05) is 5.43 Å². The summed E-state index contributed by atoms with van der Waals surface area (Å²) in [6.45, 7) is 10.2. The highest BCUT2D eigenvalue weighted by Crippen LogP contribution is 2.02. The second kappa shape index (κ2) is 2.97. The molecule has 0 spiro atoms. The average Bonchev–Trinajstić information content (AvgIpc) is 1.85. The molecule has 1 N–H and O–H groups in total. The number of nitrogens with zero attached hydrogens (tertiary/aromatic N) is 3. The molecule has 0 aliphatic carbocycles. The molecule has 0 aliphatic rings. The predicted molar refractivity (Wildman–Crippen MR) is 41.7 cm³/mol. The minimum absolute atomic E-state index is 0.373. The number of hydrogen-bond acceptors (Lipinski definition) is 3. The van der Waals surface area contributed by atoms with Gasteiger partial charge in [-0.3, -0.25) is 0 Å². The van der Waals surface area contributed by atoms with Gasteiger partial charge >= 0.3 is 0 Å². The molecule has 0 saturated heterocycles.